The van der Waals surface area contributed by atoms with Crippen LogP contribution in [0.4, 0.5) is 0 Å². The van der Waals surface area contributed by atoms with Crippen molar-refractivity contribution in [1.29, 1.82) is 0 Å². The van der Waals surface area contributed by atoms with E-state index in [0.29, 0.717) is 23.2 Å². The van der Waals surface area contributed by atoms with Gasteiger partial charge in [-0.05, 0) is 13.3 Å². The van der Waals surface area contributed by atoms with E-state index in [1.165, 1.54) is 6.20 Å². The summed E-state index contributed by atoms with van der Waals surface area (Å²) < 4.78 is 0. The first-order valence-electron chi connectivity index (χ1n) is 4.76. The molecule has 1 aromatic heterocycles. The summed E-state index contributed by atoms with van der Waals surface area (Å²) in [7, 11) is 0. The zero-order valence-electron chi connectivity index (χ0n) is 8.64. The Morgan fingerprint density at radius 1 is 1.47 bits per heavy atom. The Labute approximate surface area is 88.2 Å². The summed E-state index contributed by atoms with van der Waals surface area (Å²) in [6.07, 6.45) is 1.83. The Morgan fingerprint density at radius 2 is 2.13 bits per heavy atom. The first kappa shape index (κ1) is 11.9. The Hall–Kier alpha value is -1.17. The fourth-order valence-electron chi connectivity index (χ4n) is 1.48. The molecule has 1 atom stereocenters. The van der Waals surface area contributed by atoms with Gasteiger partial charge in [-0.2, -0.15) is 0 Å². The van der Waals surface area contributed by atoms with Crippen LogP contribution in [0.15, 0.2) is 6.20 Å². The van der Waals surface area contributed by atoms with Gasteiger partial charge in [-0.1, -0.05) is 0 Å². The molecule has 5 N–H and O–H groups in total. The number of hydrogen-bond donors (Lipinski definition) is 4. The highest BCUT2D eigenvalue weighted by molar-refractivity contribution is 5.42. The van der Waals surface area contributed by atoms with Crippen molar-refractivity contribution < 1.29 is 15.3 Å². The second kappa shape index (κ2) is 5.06. The molecule has 0 aliphatic rings. The molecule has 0 saturated carbocycles. The van der Waals surface area contributed by atoms with Crippen molar-refractivity contribution in [3.05, 3.63) is 23.0 Å². The largest absolute Gasteiger partial charge is 0.506 e. The van der Waals surface area contributed by atoms with Crippen LogP contribution >= 0.6 is 0 Å². The summed E-state index contributed by atoms with van der Waals surface area (Å²) in [5, 5.41) is 27.6. The molecule has 0 unspecified atom stereocenters. The highest BCUT2D eigenvalue weighted by atomic mass is 16.3. The lowest BCUT2D eigenvalue weighted by Crippen LogP contribution is -2.15. The first-order chi connectivity index (χ1) is 7.11. The number of pyridine rings is 1. The molecule has 0 radical (unpaired) electrons. The number of hydrogen-bond acceptors (Lipinski definition) is 5. The highest BCUT2D eigenvalue weighted by Gasteiger charge is 2.17. The van der Waals surface area contributed by atoms with Crippen LogP contribution < -0.4 is 5.73 Å². The standard InChI is InChI=1S/C10H16N2O3/c1-6-10(15)9(8(11)2-3-13)7(5-14)4-12-6/h4,8,13-15H,2-3,5,11H2,1H3/t8-/m0/s1. The van der Waals surface area contributed by atoms with Crippen molar-refractivity contribution in [1.82, 2.24) is 4.98 Å². The molecule has 0 aliphatic carbocycles. The van der Waals surface area contributed by atoms with Gasteiger partial charge in [0.25, 0.3) is 0 Å². The SMILES string of the molecule is Cc1ncc(CO)c([C@@H](N)CCO)c1O. The molecule has 1 rings (SSSR count). The maximum atomic E-state index is 9.77. The summed E-state index contributed by atoms with van der Waals surface area (Å²) >= 11 is 0. The second-order valence-electron chi connectivity index (χ2n) is 3.41. The summed E-state index contributed by atoms with van der Waals surface area (Å²) in [5.74, 6) is 0.00231. The molecule has 84 valence electrons. The van der Waals surface area contributed by atoms with Crippen LogP contribution in [0.25, 0.3) is 0 Å². The minimum atomic E-state index is -0.487. The molecular formula is C10H16N2O3. The Bertz CT molecular complexity index is 342. The first-order valence-corrected chi connectivity index (χ1v) is 4.76. The van der Waals surface area contributed by atoms with Gasteiger partial charge in [-0.3, -0.25) is 4.98 Å². The minimum Gasteiger partial charge on any atom is -0.506 e. The second-order valence-corrected chi connectivity index (χ2v) is 3.41. The molecule has 0 saturated heterocycles. The Kier molecular flexibility index (Phi) is 4.02. The number of aliphatic hydroxyl groups is 2. The van der Waals surface area contributed by atoms with E-state index >= 15 is 0 Å². The number of aliphatic hydroxyl groups excluding tert-OH is 2. The fourth-order valence-corrected chi connectivity index (χ4v) is 1.48. The van der Waals surface area contributed by atoms with Crippen molar-refractivity contribution in [2.24, 2.45) is 5.73 Å². The molecule has 0 aliphatic heterocycles. The van der Waals surface area contributed by atoms with Crippen LogP contribution in [0, 0.1) is 6.92 Å². The number of rotatable bonds is 4. The van der Waals surface area contributed by atoms with E-state index in [0.717, 1.165) is 0 Å². The van der Waals surface area contributed by atoms with Gasteiger partial charge < -0.3 is 21.1 Å². The molecule has 15 heavy (non-hydrogen) atoms. The highest BCUT2D eigenvalue weighted by Crippen LogP contribution is 2.29. The molecule has 0 amide bonds. The average molecular weight is 212 g/mol. The predicted octanol–water partition coefficient (Wildman–Crippen LogP) is -0.0299. The van der Waals surface area contributed by atoms with Crippen molar-refractivity contribution in [2.45, 2.75) is 26.0 Å². The average Bonchev–Trinajstić information content (AvgIpc) is 2.22. The zero-order chi connectivity index (χ0) is 11.4. The maximum Gasteiger partial charge on any atom is 0.141 e. The number of nitrogens with two attached hydrogens (primary N) is 1. The van der Waals surface area contributed by atoms with Gasteiger partial charge in [-0.25, -0.2) is 0 Å². The Balaban J connectivity index is 3.17. The van der Waals surface area contributed by atoms with Crippen LogP contribution in [0.5, 0.6) is 5.75 Å². The van der Waals surface area contributed by atoms with Gasteiger partial charge >= 0.3 is 0 Å². The molecule has 5 nitrogen and oxygen atoms in total. The Morgan fingerprint density at radius 3 is 2.67 bits per heavy atom. The van der Waals surface area contributed by atoms with Crippen molar-refractivity contribution in [3.8, 4) is 5.75 Å². The van der Waals surface area contributed by atoms with Gasteiger partial charge in [0, 0.05) is 30.0 Å². The van der Waals surface area contributed by atoms with E-state index in [1.54, 1.807) is 6.92 Å². The third-order valence-corrected chi connectivity index (χ3v) is 2.34. The minimum absolute atomic E-state index is 0.00231. The lowest BCUT2D eigenvalue weighted by molar-refractivity contribution is 0.266. The topological polar surface area (TPSA) is 99.6 Å². The van der Waals surface area contributed by atoms with E-state index in [4.69, 9.17) is 15.9 Å². The number of aromatic nitrogens is 1. The predicted molar refractivity (Wildman–Crippen MR) is 55.2 cm³/mol. The van der Waals surface area contributed by atoms with Gasteiger partial charge in [0.1, 0.15) is 5.75 Å². The third kappa shape index (κ3) is 2.44. The van der Waals surface area contributed by atoms with Crippen LogP contribution in [0.3, 0.4) is 0 Å². The maximum absolute atomic E-state index is 9.77. The van der Waals surface area contributed by atoms with Crippen molar-refractivity contribution in [2.75, 3.05) is 6.61 Å². The normalized spacial score (nSPS) is 12.8. The quantitative estimate of drug-likeness (QED) is 0.561. The molecule has 0 bridgehead atoms. The summed E-state index contributed by atoms with van der Waals surface area (Å²) in [4.78, 5) is 3.92. The van der Waals surface area contributed by atoms with Crippen molar-refractivity contribution in [3.63, 3.8) is 0 Å². The van der Waals surface area contributed by atoms with Crippen LogP contribution in [0.2, 0.25) is 0 Å². The van der Waals surface area contributed by atoms with E-state index < -0.39 is 6.04 Å². The molecular weight excluding hydrogens is 196 g/mol. The van der Waals surface area contributed by atoms with Crippen LogP contribution in [-0.4, -0.2) is 26.9 Å². The molecule has 0 aromatic carbocycles. The lowest BCUT2D eigenvalue weighted by Gasteiger charge is -2.16. The van der Waals surface area contributed by atoms with E-state index in [2.05, 4.69) is 4.98 Å². The monoisotopic (exact) mass is 212 g/mol. The molecule has 1 heterocycles. The lowest BCUT2D eigenvalue weighted by atomic mass is 9.99. The molecule has 5 heteroatoms. The van der Waals surface area contributed by atoms with Crippen molar-refractivity contribution >= 4 is 0 Å². The van der Waals surface area contributed by atoms with E-state index in [9.17, 15) is 5.11 Å². The smallest absolute Gasteiger partial charge is 0.141 e. The van der Waals surface area contributed by atoms with Crippen LogP contribution in [-0.2, 0) is 6.61 Å². The number of nitrogens with zero attached hydrogens (tertiary/aromatic N) is 1. The fraction of sp³-hybridized carbons (Fsp3) is 0.500. The number of aromatic hydroxyl groups is 1. The van der Waals surface area contributed by atoms with Gasteiger partial charge in [-0.15, -0.1) is 0 Å². The molecule has 1 aromatic rings. The third-order valence-electron chi connectivity index (χ3n) is 2.34. The van der Waals surface area contributed by atoms with Gasteiger partial charge in [0.15, 0.2) is 0 Å². The summed E-state index contributed by atoms with van der Waals surface area (Å²) in [6.45, 7) is 1.37. The van der Waals surface area contributed by atoms with Gasteiger partial charge in [0.05, 0.1) is 12.3 Å². The molecule has 0 fully saturated rings. The van der Waals surface area contributed by atoms with Crippen LogP contribution in [0.1, 0.15) is 29.3 Å². The number of aryl methyl sites for hydroxylation is 1. The zero-order valence-corrected chi connectivity index (χ0v) is 8.64. The summed E-state index contributed by atoms with van der Waals surface area (Å²) in [6, 6.07) is -0.487. The van der Waals surface area contributed by atoms with Gasteiger partial charge in [0.2, 0.25) is 0 Å². The summed E-state index contributed by atoms with van der Waals surface area (Å²) in [5.41, 5.74) is 7.23. The van der Waals surface area contributed by atoms with E-state index in [-0.39, 0.29) is 19.0 Å². The molecule has 0 spiro atoms. The van der Waals surface area contributed by atoms with E-state index in [1.807, 2.05) is 0 Å².